The van der Waals surface area contributed by atoms with Gasteiger partial charge in [-0.15, -0.1) is 6.58 Å². The zero-order valence-corrected chi connectivity index (χ0v) is 15.2. The van der Waals surface area contributed by atoms with Crippen molar-refractivity contribution < 1.29 is 18.1 Å². The molecule has 3 aromatic rings. The molecule has 0 fully saturated rings. The summed E-state index contributed by atoms with van der Waals surface area (Å²) in [5, 5.41) is 11.5. The summed E-state index contributed by atoms with van der Waals surface area (Å²) < 4.78 is 41.0. The molecule has 0 radical (unpaired) electrons. The van der Waals surface area contributed by atoms with E-state index in [0.29, 0.717) is 22.2 Å². The van der Waals surface area contributed by atoms with Crippen LogP contribution in [0.4, 0.5) is 18.9 Å². The van der Waals surface area contributed by atoms with Crippen LogP contribution in [0, 0.1) is 10.1 Å². The van der Waals surface area contributed by atoms with Crippen LogP contribution in [0.25, 0.3) is 16.9 Å². The van der Waals surface area contributed by atoms with Gasteiger partial charge in [-0.1, -0.05) is 36.0 Å². The lowest BCUT2D eigenvalue weighted by Crippen LogP contribution is -2.07. The first-order valence-corrected chi connectivity index (χ1v) is 9.03. The smallest absolute Gasteiger partial charge is 0.287 e. The molecule has 0 spiro atoms. The molecule has 1 aromatic heterocycles. The number of hydrogen-bond acceptors (Lipinski definition) is 4. The van der Waals surface area contributed by atoms with Crippen molar-refractivity contribution in [2.24, 2.45) is 0 Å². The minimum Gasteiger partial charge on any atom is -0.287 e. The van der Waals surface area contributed by atoms with E-state index in [4.69, 9.17) is 0 Å². The molecule has 0 N–H and O–H groups in total. The van der Waals surface area contributed by atoms with Gasteiger partial charge in [-0.25, -0.2) is 4.98 Å². The summed E-state index contributed by atoms with van der Waals surface area (Å²) in [6, 6.07) is 10.8. The Labute approximate surface area is 162 Å². The van der Waals surface area contributed by atoms with Crippen LogP contribution in [0.5, 0.6) is 0 Å². The maximum atomic E-state index is 13.2. The Morgan fingerprint density at radius 2 is 1.96 bits per heavy atom. The molecule has 0 saturated heterocycles. The quantitative estimate of drug-likeness (QED) is 0.227. The number of halogens is 3. The zero-order chi connectivity index (χ0) is 20.3. The van der Waals surface area contributed by atoms with Gasteiger partial charge in [-0.3, -0.25) is 14.7 Å². The third-order valence-electron chi connectivity index (χ3n) is 3.84. The second-order valence-corrected chi connectivity index (χ2v) is 6.70. The molecule has 0 aliphatic carbocycles. The van der Waals surface area contributed by atoms with Gasteiger partial charge < -0.3 is 0 Å². The first-order valence-electron chi connectivity index (χ1n) is 8.05. The molecule has 0 bridgehead atoms. The lowest BCUT2D eigenvalue weighted by atomic mass is 10.1. The highest BCUT2D eigenvalue weighted by Gasteiger charge is 2.31. The average molecular weight is 405 g/mol. The molecule has 0 aliphatic heterocycles. The minimum atomic E-state index is -4.49. The maximum Gasteiger partial charge on any atom is 0.416 e. The van der Waals surface area contributed by atoms with E-state index in [9.17, 15) is 23.3 Å². The molecule has 0 atom stereocenters. The highest BCUT2D eigenvalue weighted by molar-refractivity contribution is 7.99. The number of rotatable bonds is 6. The molecule has 2 aromatic carbocycles. The lowest BCUT2D eigenvalue weighted by molar-refractivity contribution is -0.384. The summed E-state index contributed by atoms with van der Waals surface area (Å²) in [5.41, 5.74) is 0.289. The van der Waals surface area contributed by atoms with E-state index in [1.54, 1.807) is 16.7 Å². The number of nitro benzene ring substituents is 1. The predicted molar refractivity (Wildman–Crippen MR) is 102 cm³/mol. The molecule has 28 heavy (non-hydrogen) atoms. The van der Waals surface area contributed by atoms with Gasteiger partial charge in [0.2, 0.25) is 0 Å². The number of imidazole rings is 1. The zero-order valence-electron chi connectivity index (χ0n) is 14.4. The number of benzene rings is 2. The van der Waals surface area contributed by atoms with Crippen LogP contribution < -0.4 is 0 Å². The van der Waals surface area contributed by atoms with Crippen molar-refractivity contribution in [1.82, 2.24) is 9.55 Å². The van der Waals surface area contributed by atoms with Crippen molar-refractivity contribution in [3.05, 3.63) is 83.1 Å². The Kier molecular flexibility index (Phi) is 5.55. The fraction of sp³-hybridized carbons (Fsp3) is 0.105. The Hall–Kier alpha value is -3.07. The lowest BCUT2D eigenvalue weighted by Gasteiger charge is -2.14. The summed E-state index contributed by atoms with van der Waals surface area (Å²) >= 11 is 1.30. The van der Waals surface area contributed by atoms with Crippen LogP contribution in [0.3, 0.4) is 0 Å². The van der Waals surface area contributed by atoms with E-state index < -0.39 is 16.7 Å². The molecular formula is C19H14F3N3O2S. The summed E-state index contributed by atoms with van der Waals surface area (Å²) in [5.74, 6) is 0.504. The summed E-state index contributed by atoms with van der Waals surface area (Å²) in [4.78, 5) is 14.9. The molecular weight excluding hydrogens is 391 g/mol. The number of nitro groups is 1. The van der Waals surface area contributed by atoms with Gasteiger partial charge in [-0.2, -0.15) is 13.2 Å². The van der Waals surface area contributed by atoms with E-state index in [0.717, 1.165) is 12.1 Å². The molecule has 0 aliphatic rings. The van der Waals surface area contributed by atoms with Crippen LogP contribution in [0.15, 0.2) is 72.5 Å². The van der Waals surface area contributed by atoms with Gasteiger partial charge >= 0.3 is 6.18 Å². The van der Waals surface area contributed by atoms with Gasteiger partial charge in [0, 0.05) is 29.1 Å². The number of aromatic nitrogens is 2. The van der Waals surface area contributed by atoms with Crippen LogP contribution in [-0.4, -0.2) is 20.2 Å². The minimum absolute atomic E-state index is 0.116. The standard InChI is InChI=1S/C19H14F3N3O2S/c1-2-9-28-18-23-12-17(13-5-3-8-16(10-13)25(26)27)24(18)15-7-4-6-14(11-15)19(20,21)22/h2-8,10-12H,1,9H2. The van der Waals surface area contributed by atoms with Crippen molar-refractivity contribution in [2.45, 2.75) is 11.3 Å². The fourth-order valence-electron chi connectivity index (χ4n) is 2.62. The largest absolute Gasteiger partial charge is 0.416 e. The SMILES string of the molecule is C=CCSc1ncc(-c2cccc([N+](=O)[O-])c2)n1-c1cccc(C(F)(F)F)c1. The van der Waals surface area contributed by atoms with Gasteiger partial charge in [0.15, 0.2) is 5.16 Å². The molecule has 9 heteroatoms. The molecule has 0 amide bonds. The highest BCUT2D eigenvalue weighted by Crippen LogP contribution is 2.34. The van der Waals surface area contributed by atoms with Gasteiger partial charge in [0.05, 0.1) is 22.4 Å². The van der Waals surface area contributed by atoms with Crippen molar-refractivity contribution in [1.29, 1.82) is 0 Å². The number of thioether (sulfide) groups is 1. The third kappa shape index (κ3) is 4.09. The fourth-order valence-corrected chi connectivity index (χ4v) is 3.35. The normalized spacial score (nSPS) is 11.4. The molecule has 144 valence electrons. The Balaban J connectivity index is 2.19. The molecule has 0 unspecified atom stereocenters. The highest BCUT2D eigenvalue weighted by atomic mass is 32.2. The summed E-state index contributed by atoms with van der Waals surface area (Å²) in [6.07, 6.45) is -1.34. The van der Waals surface area contributed by atoms with Crippen molar-refractivity contribution in [2.75, 3.05) is 5.75 Å². The second-order valence-electron chi connectivity index (χ2n) is 5.72. The van der Waals surface area contributed by atoms with Crippen LogP contribution >= 0.6 is 11.8 Å². The monoisotopic (exact) mass is 405 g/mol. The maximum absolute atomic E-state index is 13.2. The first kappa shape index (κ1) is 19.7. The average Bonchev–Trinajstić information content (AvgIpc) is 3.09. The van der Waals surface area contributed by atoms with Crippen molar-refractivity contribution in [3.63, 3.8) is 0 Å². The van der Waals surface area contributed by atoms with Crippen LogP contribution in [0.2, 0.25) is 0 Å². The topological polar surface area (TPSA) is 61.0 Å². The first-order chi connectivity index (χ1) is 13.3. The third-order valence-corrected chi connectivity index (χ3v) is 4.79. The van der Waals surface area contributed by atoms with E-state index in [2.05, 4.69) is 11.6 Å². The van der Waals surface area contributed by atoms with Gasteiger partial charge in [0.1, 0.15) is 0 Å². The molecule has 1 heterocycles. The van der Waals surface area contributed by atoms with E-state index in [1.807, 2.05) is 0 Å². The van der Waals surface area contributed by atoms with Crippen LogP contribution in [-0.2, 0) is 6.18 Å². The summed E-state index contributed by atoms with van der Waals surface area (Å²) in [7, 11) is 0. The van der Waals surface area contributed by atoms with E-state index in [1.165, 1.54) is 48.3 Å². The van der Waals surface area contributed by atoms with E-state index in [-0.39, 0.29) is 11.4 Å². The van der Waals surface area contributed by atoms with E-state index >= 15 is 0 Å². The Bertz CT molecular complexity index is 1030. The summed E-state index contributed by atoms with van der Waals surface area (Å²) in [6.45, 7) is 3.64. The van der Waals surface area contributed by atoms with Gasteiger partial charge in [0.25, 0.3) is 5.69 Å². The van der Waals surface area contributed by atoms with Crippen molar-refractivity contribution in [3.8, 4) is 16.9 Å². The molecule has 0 saturated carbocycles. The Morgan fingerprint density at radius 3 is 2.64 bits per heavy atom. The second kappa shape index (κ2) is 7.89. The number of non-ortho nitro benzene ring substituents is 1. The number of alkyl halides is 3. The van der Waals surface area contributed by atoms with Gasteiger partial charge in [-0.05, 0) is 18.2 Å². The number of nitrogens with zero attached hydrogens (tertiary/aromatic N) is 3. The number of hydrogen-bond donors (Lipinski definition) is 0. The van der Waals surface area contributed by atoms with Crippen molar-refractivity contribution >= 4 is 17.4 Å². The molecule has 5 nitrogen and oxygen atoms in total. The Morgan fingerprint density at radius 1 is 1.21 bits per heavy atom. The molecule has 3 rings (SSSR count). The predicted octanol–water partition coefficient (Wildman–Crippen LogP) is 5.74. The van der Waals surface area contributed by atoms with Crippen LogP contribution in [0.1, 0.15) is 5.56 Å².